The summed E-state index contributed by atoms with van der Waals surface area (Å²) in [6.07, 6.45) is -10.7. The quantitative estimate of drug-likeness (QED) is 0.0441. The molecule has 0 aliphatic carbocycles. The zero-order chi connectivity index (χ0) is 58.5. The van der Waals surface area contributed by atoms with Gasteiger partial charge in [0.15, 0.2) is 6.10 Å². The zero-order valence-corrected chi connectivity index (χ0v) is 44.3. The number of hydrogen-bond donors (Lipinski definition) is 9. The molecule has 6 atom stereocenters. The van der Waals surface area contributed by atoms with Crippen LogP contribution in [0.4, 0.5) is 21.0 Å². The number of carboxylic acid groups (broad SMARTS) is 1. The molecule has 4 aliphatic heterocycles. The zero-order valence-electron chi connectivity index (χ0n) is 43.5. The number of rotatable bonds is 24. The summed E-state index contributed by atoms with van der Waals surface area (Å²) >= 11 is 6.53. The van der Waals surface area contributed by atoms with Crippen LogP contribution >= 0.6 is 11.6 Å². The maximum absolute atomic E-state index is 13.1. The van der Waals surface area contributed by atoms with E-state index in [4.69, 9.17) is 35.4 Å². The summed E-state index contributed by atoms with van der Waals surface area (Å²) in [7, 11) is 1.47. The second kappa shape index (κ2) is 27.7. The number of fused-ring (bicyclic) bond motifs is 1. The molecule has 0 aromatic heterocycles. The Kier molecular flexibility index (Phi) is 20.7. The first-order valence-corrected chi connectivity index (χ1v) is 25.9. The summed E-state index contributed by atoms with van der Waals surface area (Å²) < 4.78 is 22.1. The first-order valence-electron chi connectivity index (χ1n) is 25.6. The molecule has 0 saturated carbocycles. The SMILES string of the molecule is CN(CCOCCc1ccc(NC(=O)NCc2ccc3c(c2)CN(C2CCC(=O)NC2=O)C3=O)cc1Cl)C(=O)OCc1ccc(O[C@@H]2O[C@H](C(=O)O)[C@@H](O)[C@H](O)[C@H]2O)c(NC(=O)CCNC(=O)CCCC(=O)ON2C(=O)CCC2=O)c1. The molecule has 1 unspecified atom stereocenters. The monoisotopic (exact) mass is 1150 g/mol. The van der Waals surface area contributed by atoms with Crippen molar-refractivity contribution in [3.63, 3.8) is 0 Å². The van der Waals surface area contributed by atoms with Gasteiger partial charge in [-0.05, 0) is 71.8 Å². The minimum absolute atomic E-state index is 0.00384. The first kappa shape index (κ1) is 60.4. The molecule has 3 fully saturated rings. The Balaban J connectivity index is 0.829. The lowest BCUT2D eigenvalue weighted by molar-refractivity contribution is -0.271. The highest BCUT2D eigenvalue weighted by atomic mass is 35.5. The van der Waals surface area contributed by atoms with Crippen molar-refractivity contribution in [1.82, 2.24) is 30.8 Å². The van der Waals surface area contributed by atoms with Crippen molar-refractivity contribution in [3.05, 3.63) is 87.4 Å². The molecule has 0 bridgehead atoms. The molecule has 7 rings (SSSR count). The number of amides is 10. The molecule has 9 N–H and O–H groups in total. The van der Waals surface area contributed by atoms with Gasteiger partial charge in [-0.3, -0.25) is 38.9 Å². The number of carbonyl (C=O) groups is 11. The Bertz CT molecular complexity index is 2930. The van der Waals surface area contributed by atoms with Gasteiger partial charge in [-0.2, -0.15) is 0 Å². The molecule has 3 aromatic rings. The van der Waals surface area contributed by atoms with Crippen LogP contribution in [-0.2, 0) is 83.5 Å². The van der Waals surface area contributed by atoms with Crippen molar-refractivity contribution in [2.75, 3.05) is 44.0 Å². The van der Waals surface area contributed by atoms with Crippen molar-refractivity contribution in [3.8, 4) is 5.75 Å². The van der Waals surface area contributed by atoms with Crippen molar-refractivity contribution in [1.29, 1.82) is 0 Å². The lowest BCUT2D eigenvalue weighted by atomic mass is 9.99. The molecule has 434 valence electrons. The molecule has 0 radical (unpaired) electrons. The highest BCUT2D eigenvalue weighted by Gasteiger charge is 2.48. The number of hydroxylamine groups is 2. The Hall–Kier alpha value is -8.28. The van der Waals surface area contributed by atoms with E-state index >= 15 is 0 Å². The predicted octanol–water partition coefficient (Wildman–Crippen LogP) is 0.744. The number of halogens is 1. The number of aliphatic hydroxyl groups excluding tert-OH is 3. The Morgan fingerprint density at radius 3 is 2.31 bits per heavy atom. The van der Waals surface area contributed by atoms with Crippen molar-refractivity contribution >= 4 is 88.4 Å². The van der Waals surface area contributed by atoms with Gasteiger partial charge in [-0.15, -0.1) is 5.06 Å². The van der Waals surface area contributed by atoms with Gasteiger partial charge >= 0.3 is 24.1 Å². The normalized spacial score (nSPS) is 20.5. The summed E-state index contributed by atoms with van der Waals surface area (Å²) in [6.45, 7) is 0.245. The second-order valence-electron chi connectivity index (χ2n) is 19.1. The number of hydrogen-bond acceptors (Lipinski definition) is 19. The van der Waals surface area contributed by atoms with E-state index in [0.29, 0.717) is 38.9 Å². The van der Waals surface area contributed by atoms with E-state index < -0.39 is 90.3 Å². The van der Waals surface area contributed by atoms with Crippen LogP contribution in [0.2, 0.25) is 5.02 Å². The minimum Gasteiger partial charge on any atom is -0.479 e. The number of nitrogens with one attached hydrogen (secondary N) is 5. The van der Waals surface area contributed by atoms with Crippen LogP contribution in [0, 0.1) is 0 Å². The summed E-state index contributed by atoms with van der Waals surface area (Å²) in [6, 6.07) is 12.9. The van der Waals surface area contributed by atoms with Crippen LogP contribution in [-0.4, -0.2) is 171 Å². The Morgan fingerprint density at radius 2 is 1.58 bits per heavy atom. The average Bonchev–Trinajstić information content (AvgIpc) is 3.93. The molecule has 28 nitrogen and oxygen atoms in total. The van der Waals surface area contributed by atoms with Gasteiger partial charge in [0, 0.05) is 88.0 Å². The number of aliphatic carboxylic acids is 1. The Labute approximate surface area is 466 Å². The lowest BCUT2D eigenvalue weighted by Gasteiger charge is -2.38. The Morgan fingerprint density at radius 1 is 0.827 bits per heavy atom. The van der Waals surface area contributed by atoms with E-state index in [1.807, 2.05) is 0 Å². The molecule has 29 heteroatoms. The van der Waals surface area contributed by atoms with Gasteiger partial charge in [0.05, 0.1) is 18.9 Å². The molecule has 4 aliphatic rings. The number of anilines is 2. The highest BCUT2D eigenvalue weighted by Crippen LogP contribution is 2.32. The molecule has 3 saturated heterocycles. The number of likely N-dealkylation sites (N-methyl/N-ethyl adjacent to an activating group) is 1. The van der Waals surface area contributed by atoms with Crippen LogP contribution < -0.4 is 31.3 Å². The summed E-state index contributed by atoms with van der Waals surface area (Å²) in [5.74, 6) is -6.43. The van der Waals surface area contributed by atoms with Gasteiger partial charge < -0.3 is 75.3 Å². The molecule has 3 aromatic carbocycles. The fourth-order valence-electron chi connectivity index (χ4n) is 8.71. The average molecular weight is 1150 g/mol. The molecular formula is C52H59ClN8O20. The molecule has 4 heterocycles. The molecule has 0 spiro atoms. The minimum atomic E-state index is -2.01. The second-order valence-corrected chi connectivity index (χ2v) is 19.5. The van der Waals surface area contributed by atoms with Gasteiger partial charge in [0.25, 0.3) is 17.7 Å². The number of urea groups is 1. The van der Waals surface area contributed by atoms with Crippen LogP contribution in [0.15, 0.2) is 54.6 Å². The van der Waals surface area contributed by atoms with Gasteiger partial charge in [0.2, 0.25) is 29.9 Å². The number of carbonyl (C=O) groups excluding carboxylic acids is 10. The highest BCUT2D eigenvalue weighted by molar-refractivity contribution is 6.31. The standard InChI is InChI=1S/C52H59ClN8O20/c1-59(18-20-77-19-16-29-7-8-31(23-33(29)53)56-51(75)55-24-27-5-9-32-30(21-27)25-60(48(32)72)35-10-12-38(63)58-47(35)71)52(76)78-26-28-6-11-36(79-50-45(70)43(68)44(69)46(80-50)49(73)74)34(22-28)57-39(64)15-17-54-37(62)3-2-4-42(67)81-61-40(65)13-14-41(61)66/h5-9,11,21-23,35,43-46,50,68-70H,2-4,10,12-20,24-26H2,1H3,(H,54,62)(H,57,64)(H,73,74)(H2,55,56,75)(H,58,63,71)/t35?,43-,44-,45+,46-,50+/m0/s1. The van der Waals surface area contributed by atoms with Gasteiger partial charge in [-0.25, -0.2) is 19.2 Å². The predicted molar refractivity (Wildman–Crippen MR) is 276 cm³/mol. The van der Waals surface area contributed by atoms with Gasteiger partial charge in [0.1, 0.15) is 36.7 Å². The van der Waals surface area contributed by atoms with Crippen molar-refractivity contribution < 1.29 is 97.0 Å². The number of nitrogens with zero attached hydrogens (tertiary/aromatic N) is 3. The third-order valence-corrected chi connectivity index (χ3v) is 13.5. The third-order valence-electron chi connectivity index (χ3n) is 13.1. The maximum atomic E-state index is 13.1. The summed E-state index contributed by atoms with van der Waals surface area (Å²) in [5.41, 5.74) is 3.24. The summed E-state index contributed by atoms with van der Waals surface area (Å²) in [4.78, 5) is 143. The fraction of sp³-hybridized carbons (Fsp3) is 0.442. The first-order chi connectivity index (χ1) is 38.6. The molecule has 81 heavy (non-hydrogen) atoms. The van der Waals surface area contributed by atoms with Crippen molar-refractivity contribution in [2.24, 2.45) is 0 Å². The van der Waals surface area contributed by atoms with Crippen LogP contribution in [0.3, 0.4) is 0 Å². The maximum Gasteiger partial charge on any atom is 0.409 e. The third kappa shape index (κ3) is 16.2. The lowest BCUT2D eigenvalue weighted by Crippen LogP contribution is -2.61. The van der Waals surface area contributed by atoms with Crippen molar-refractivity contribution in [2.45, 2.75) is 114 Å². The van der Waals surface area contributed by atoms with Crippen LogP contribution in [0.5, 0.6) is 5.75 Å². The number of aliphatic hydroxyl groups is 3. The van der Waals surface area contributed by atoms with Crippen LogP contribution in [0.1, 0.15) is 84.0 Å². The van der Waals surface area contributed by atoms with E-state index in [1.165, 1.54) is 35.0 Å². The van der Waals surface area contributed by atoms with E-state index in [1.54, 1.807) is 36.4 Å². The number of ether oxygens (including phenoxy) is 4. The van der Waals surface area contributed by atoms with Crippen LogP contribution in [0.25, 0.3) is 0 Å². The van der Waals surface area contributed by atoms with E-state index in [2.05, 4.69) is 26.6 Å². The largest absolute Gasteiger partial charge is 0.479 e. The summed E-state index contributed by atoms with van der Waals surface area (Å²) in [5, 5.41) is 54.2. The van der Waals surface area contributed by atoms with Gasteiger partial charge in [-0.1, -0.05) is 35.9 Å². The molecule has 10 amide bonds. The number of piperidine rings is 1. The van der Waals surface area contributed by atoms with E-state index in [-0.39, 0.29) is 121 Å². The van der Waals surface area contributed by atoms with E-state index in [0.717, 1.165) is 11.1 Å². The number of carboxylic acids is 1. The number of imide groups is 2. The fourth-order valence-corrected chi connectivity index (χ4v) is 8.99. The smallest absolute Gasteiger partial charge is 0.409 e. The topological polar surface area (TPSA) is 385 Å². The molecular weight excluding hydrogens is 1090 g/mol. The number of benzene rings is 3. The van der Waals surface area contributed by atoms with E-state index in [9.17, 15) is 73.2 Å².